The third-order valence-electron chi connectivity index (χ3n) is 4.60. The number of carbonyl (C=O) groups excluding carboxylic acids is 3. The normalized spacial score (nSPS) is 11.7. The van der Waals surface area contributed by atoms with Crippen molar-refractivity contribution in [3.63, 3.8) is 0 Å². The average molecular weight is 474 g/mol. The molecule has 0 saturated heterocycles. The highest BCUT2D eigenvalue weighted by Gasteiger charge is 2.23. The Kier molecular flexibility index (Phi) is 8.59. The van der Waals surface area contributed by atoms with Gasteiger partial charge in [0.1, 0.15) is 6.04 Å². The maximum Gasteiger partial charge on any atom is 0.252 e. The molecule has 0 aromatic heterocycles. The zero-order valence-electron chi connectivity index (χ0n) is 17.7. The number of nitrogens with one attached hydrogen (secondary N) is 3. The quantitative estimate of drug-likeness (QED) is 0.541. The Labute approximate surface area is 186 Å². The van der Waals surface area contributed by atoms with Crippen LogP contribution in [0.1, 0.15) is 41.8 Å². The van der Waals surface area contributed by atoms with Crippen molar-refractivity contribution in [2.45, 2.75) is 40.2 Å². The SMILES string of the molecule is Cc1cc(Br)ccc1NC(=O)CNC(=O)C(CC(C)C)NC(=O)c1ccccc1C. The van der Waals surface area contributed by atoms with Crippen LogP contribution in [0, 0.1) is 19.8 Å². The van der Waals surface area contributed by atoms with Gasteiger partial charge in [-0.2, -0.15) is 0 Å². The zero-order valence-corrected chi connectivity index (χ0v) is 19.3. The molecule has 0 saturated carbocycles. The van der Waals surface area contributed by atoms with Gasteiger partial charge in [0.15, 0.2) is 0 Å². The van der Waals surface area contributed by atoms with Gasteiger partial charge in [-0.25, -0.2) is 0 Å². The van der Waals surface area contributed by atoms with E-state index in [0.29, 0.717) is 17.7 Å². The van der Waals surface area contributed by atoms with Gasteiger partial charge in [0.2, 0.25) is 11.8 Å². The van der Waals surface area contributed by atoms with E-state index in [0.717, 1.165) is 15.6 Å². The zero-order chi connectivity index (χ0) is 22.3. The van der Waals surface area contributed by atoms with Gasteiger partial charge in [0.05, 0.1) is 6.54 Å². The van der Waals surface area contributed by atoms with Crippen LogP contribution in [0.2, 0.25) is 0 Å². The molecule has 0 aliphatic carbocycles. The van der Waals surface area contributed by atoms with Gasteiger partial charge < -0.3 is 16.0 Å². The number of amides is 3. The number of benzene rings is 2. The van der Waals surface area contributed by atoms with Crippen LogP contribution in [0.25, 0.3) is 0 Å². The minimum atomic E-state index is -0.723. The average Bonchev–Trinajstić information content (AvgIpc) is 2.67. The van der Waals surface area contributed by atoms with Crippen molar-refractivity contribution in [2.75, 3.05) is 11.9 Å². The third kappa shape index (κ3) is 6.99. The molecule has 3 amide bonds. The highest BCUT2D eigenvalue weighted by Crippen LogP contribution is 2.19. The van der Waals surface area contributed by atoms with E-state index in [1.807, 2.05) is 52.0 Å². The van der Waals surface area contributed by atoms with Crippen molar-refractivity contribution in [1.82, 2.24) is 10.6 Å². The minimum Gasteiger partial charge on any atom is -0.345 e. The molecule has 7 heteroatoms. The van der Waals surface area contributed by atoms with E-state index in [1.165, 1.54) is 0 Å². The maximum absolute atomic E-state index is 12.7. The smallest absolute Gasteiger partial charge is 0.252 e. The highest BCUT2D eigenvalue weighted by atomic mass is 79.9. The van der Waals surface area contributed by atoms with Crippen molar-refractivity contribution in [2.24, 2.45) is 5.92 Å². The van der Waals surface area contributed by atoms with Gasteiger partial charge >= 0.3 is 0 Å². The van der Waals surface area contributed by atoms with Gasteiger partial charge in [-0.1, -0.05) is 48.0 Å². The molecule has 0 radical (unpaired) electrons. The minimum absolute atomic E-state index is 0.177. The number of anilines is 1. The summed E-state index contributed by atoms with van der Waals surface area (Å²) in [6.45, 7) is 7.51. The fourth-order valence-corrected chi connectivity index (χ4v) is 3.49. The Hall–Kier alpha value is -2.67. The Morgan fingerprint density at radius 3 is 2.33 bits per heavy atom. The van der Waals surface area contributed by atoms with Gasteiger partial charge in [-0.15, -0.1) is 0 Å². The molecule has 2 aromatic carbocycles. The maximum atomic E-state index is 12.7. The lowest BCUT2D eigenvalue weighted by molar-refractivity contribution is -0.125. The Balaban J connectivity index is 1.98. The summed E-state index contributed by atoms with van der Waals surface area (Å²) >= 11 is 3.38. The summed E-state index contributed by atoms with van der Waals surface area (Å²) in [5, 5.41) is 8.23. The molecule has 2 rings (SSSR count). The van der Waals surface area contributed by atoms with Crippen LogP contribution in [0.4, 0.5) is 5.69 Å². The van der Waals surface area contributed by atoms with Crippen molar-refractivity contribution in [3.8, 4) is 0 Å². The summed E-state index contributed by atoms with van der Waals surface area (Å²) in [6.07, 6.45) is 0.469. The van der Waals surface area contributed by atoms with Crippen molar-refractivity contribution in [3.05, 3.63) is 63.6 Å². The fraction of sp³-hybridized carbons (Fsp3) is 0.348. The molecular weight excluding hydrogens is 446 g/mol. The summed E-state index contributed by atoms with van der Waals surface area (Å²) in [5.74, 6) is -0.823. The summed E-state index contributed by atoms with van der Waals surface area (Å²) in [6, 6.07) is 12.0. The van der Waals surface area contributed by atoms with Gasteiger partial charge in [0.25, 0.3) is 5.91 Å². The monoisotopic (exact) mass is 473 g/mol. The Bertz CT molecular complexity index is 928. The van der Waals surface area contributed by atoms with E-state index >= 15 is 0 Å². The van der Waals surface area contributed by atoms with Crippen molar-refractivity contribution < 1.29 is 14.4 Å². The largest absolute Gasteiger partial charge is 0.345 e. The fourth-order valence-electron chi connectivity index (χ4n) is 3.02. The van der Waals surface area contributed by atoms with Crippen LogP contribution in [-0.2, 0) is 9.59 Å². The van der Waals surface area contributed by atoms with Crippen molar-refractivity contribution >= 4 is 39.3 Å². The first-order chi connectivity index (χ1) is 14.2. The molecular formula is C23H28BrN3O3. The first-order valence-corrected chi connectivity index (χ1v) is 10.7. The second-order valence-corrected chi connectivity index (χ2v) is 8.61. The molecule has 30 heavy (non-hydrogen) atoms. The van der Waals surface area contributed by atoms with Crippen molar-refractivity contribution in [1.29, 1.82) is 0 Å². The molecule has 1 atom stereocenters. The van der Waals surface area contributed by atoms with E-state index in [2.05, 4.69) is 31.9 Å². The summed E-state index contributed by atoms with van der Waals surface area (Å²) < 4.78 is 0.923. The predicted octanol–water partition coefficient (Wildman–Crippen LogP) is 3.97. The van der Waals surface area contributed by atoms with Gasteiger partial charge in [0, 0.05) is 15.7 Å². The van der Waals surface area contributed by atoms with Gasteiger partial charge in [-0.05, 0) is 61.6 Å². The number of rotatable bonds is 8. The first kappa shape index (κ1) is 23.6. The number of aryl methyl sites for hydroxylation is 2. The molecule has 0 fully saturated rings. The molecule has 3 N–H and O–H groups in total. The highest BCUT2D eigenvalue weighted by molar-refractivity contribution is 9.10. The molecule has 160 valence electrons. The van der Waals surface area contributed by atoms with Crippen LogP contribution in [0.15, 0.2) is 46.9 Å². The Morgan fingerprint density at radius 2 is 1.70 bits per heavy atom. The lowest BCUT2D eigenvalue weighted by Crippen LogP contribution is -2.49. The molecule has 0 spiro atoms. The van der Waals surface area contributed by atoms with Crippen LogP contribution in [0.5, 0.6) is 0 Å². The first-order valence-electron chi connectivity index (χ1n) is 9.87. The lowest BCUT2D eigenvalue weighted by atomic mass is 10.0. The van der Waals surface area contributed by atoms with Crippen LogP contribution >= 0.6 is 15.9 Å². The molecule has 1 unspecified atom stereocenters. The Morgan fingerprint density at radius 1 is 1.00 bits per heavy atom. The second-order valence-electron chi connectivity index (χ2n) is 7.70. The van der Waals surface area contributed by atoms with Crippen LogP contribution in [0.3, 0.4) is 0 Å². The van der Waals surface area contributed by atoms with E-state index in [4.69, 9.17) is 0 Å². The van der Waals surface area contributed by atoms with E-state index in [9.17, 15) is 14.4 Å². The third-order valence-corrected chi connectivity index (χ3v) is 5.10. The summed E-state index contributed by atoms with van der Waals surface area (Å²) in [7, 11) is 0. The molecule has 0 bridgehead atoms. The van der Waals surface area contributed by atoms with Crippen LogP contribution in [-0.4, -0.2) is 30.3 Å². The molecule has 0 aliphatic rings. The van der Waals surface area contributed by atoms with Gasteiger partial charge in [-0.3, -0.25) is 14.4 Å². The predicted molar refractivity (Wildman–Crippen MR) is 122 cm³/mol. The summed E-state index contributed by atoms with van der Waals surface area (Å²) in [5.41, 5.74) is 2.96. The molecule has 0 aliphatic heterocycles. The number of halogens is 1. The standard InChI is InChI=1S/C23H28BrN3O3/c1-14(2)11-20(27-22(29)18-8-6-5-7-15(18)3)23(30)25-13-21(28)26-19-10-9-17(24)12-16(19)4/h5-10,12,14,20H,11,13H2,1-4H3,(H,25,30)(H,26,28)(H,27,29). The number of carbonyl (C=O) groups is 3. The van der Waals surface area contributed by atoms with E-state index < -0.39 is 6.04 Å². The molecule has 0 heterocycles. The molecule has 2 aromatic rings. The van der Waals surface area contributed by atoms with Crippen LogP contribution < -0.4 is 16.0 Å². The number of hydrogen-bond donors (Lipinski definition) is 3. The topological polar surface area (TPSA) is 87.3 Å². The van der Waals surface area contributed by atoms with E-state index in [-0.39, 0.29) is 30.2 Å². The lowest BCUT2D eigenvalue weighted by Gasteiger charge is -2.20. The second kappa shape index (κ2) is 10.9. The number of hydrogen-bond acceptors (Lipinski definition) is 3. The summed E-state index contributed by atoms with van der Waals surface area (Å²) in [4.78, 5) is 37.6. The van der Waals surface area contributed by atoms with E-state index in [1.54, 1.807) is 18.2 Å². The molecule has 6 nitrogen and oxygen atoms in total.